The second-order valence-corrected chi connectivity index (χ2v) is 8.42. The third-order valence-electron chi connectivity index (χ3n) is 4.26. The molecule has 0 radical (unpaired) electrons. The molecule has 2 aromatic carbocycles. The van der Waals surface area contributed by atoms with Gasteiger partial charge in [-0.2, -0.15) is 0 Å². The fourth-order valence-corrected chi connectivity index (χ4v) is 4.16. The Morgan fingerprint density at radius 1 is 1.00 bits per heavy atom. The largest absolute Gasteiger partial charge is 0.495 e. The highest BCUT2D eigenvalue weighted by Crippen LogP contribution is 2.28. The number of nitrogens with zero attached hydrogens (tertiary/aromatic N) is 3. The molecule has 0 spiro atoms. The van der Waals surface area contributed by atoms with Crippen molar-refractivity contribution in [3.05, 3.63) is 84.4 Å². The Kier molecular flexibility index (Phi) is 5.79. The van der Waals surface area contributed by atoms with Gasteiger partial charge in [0.05, 0.1) is 17.0 Å². The molecule has 0 saturated heterocycles. The number of methoxy groups -OCH3 is 1. The molecule has 2 aromatic heterocycles. The quantitative estimate of drug-likeness (QED) is 0.439. The molecule has 1 N–H and O–H groups in total. The first-order chi connectivity index (χ1) is 14.9. The Labute approximate surface area is 184 Å². The predicted octanol–water partition coefficient (Wildman–Crippen LogP) is 4.52. The first kappa shape index (κ1) is 20.7. The van der Waals surface area contributed by atoms with E-state index in [1.807, 2.05) is 29.1 Å². The van der Waals surface area contributed by atoms with E-state index >= 15 is 0 Å². The van der Waals surface area contributed by atoms with Crippen LogP contribution in [0, 0.1) is 0 Å². The van der Waals surface area contributed by atoms with Crippen LogP contribution < -0.4 is 14.2 Å². The zero-order valence-electron chi connectivity index (χ0n) is 16.3. The van der Waals surface area contributed by atoms with Crippen molar-refractivity contribution >= 4 is 27.3 Å². The number of hydrogen-bond donors (Lipinski definition) is 1. The Balaban J connectivity index is 1.47. The molecule has 0 amide bonds. The first-order valence-electron chi connectivity index (χ1n) is 9.04. The molecule has 0 atom stereocenters. The maximum atomic E-state index is 12.6. The number of sulfonamides is 1. The first-order valence-corrected chi connectivity index (χ1v) is 10.9. The van der Waals surface area contributed by atoms with E-state index in [9.17, 15) is 8.42 Å². The summed E-state index contributed by atoms with van der Waals surface area (Å²) in [7, 11) is -2.36. The van der Waals surface area contributed by atoms with Gasteiger partial charge in [-0.15, -0.1) is 0 Å². The summed E-state index contributed by atoms with van der Waals surface area (Å²) in [5, 5.41) is 0.207. The summed E-state index contributed by atoms with van der Waals surface area (Å²) in [6, 6.07) is 16.2. The summed E-state index contributed by atoms with van der Waals surface area (Å²) < 4.78 is 40.4. The number of nitrogens with one attached hydrogen (secondary N) is 1. The van der Waals surface area contributed by atoms with Gasteiger partial charge in [-0.05, 0) is 54.6 Å². The Hall–Kier alpha value is -3.56. The van der Waals surface area contributed by atoms with Crippen LogP contribution in [0.4, 0.5) is 5.69 Å². The lowest BCUT2D eigenvalue weighted by atomic mass is 10.3. The zero-order chi connectivity index (χ0) is 21.8. The molecule has 4 aromatic rings. The molecule has 0 unspecified atom stereocenters. The minimum Gasteiger partial charge on any atom is -0.495 e. The van der Waals surface area contributed by atoms with E-state index in [-0.39, 0.29) is 9.92 Å². The molecule has 0 aliphatic heterocycles. The third-order valence-corrected chi connectivity index (χ3v) is 5.93. The van der Waals surface area contributed by atoms with Crippen molar-refractivity contribution in [3.8, 4) is 23.2 Å². The molecule has 0 saturated carbocycles. The highest BCUT2D eigenvalue weighted by Gasteiger charge is 2.16. The van der Waals surface area contributed by atoms with Crippen molar-refractivity contribution in [2.45, 2.75) is 4.90 Å². The van der Waals surface area contributed by atoms with Crippen molar-refractivity contribution in [3.63, 3.8) is 0 Å². The van der Waals surface area contributed by atoms with Crippen LogP contribution in [-0.2, 0) is 10.0 Å². The van der Waals surface area contributed by atoms with Gasteiger partial charge in [-0.3, -0.25) is 4.72 Å². The van der Waals surface area contributed by atoms with E-state index in [1.54, 1.807) is 30.3 Å². The SMILES string of the molecule is COc1ccc(S(=O)(=O)Nc2ccc(Oc3cc(-n4cccc4)ncn3)cc2)cc1Cl. The van der Waals surface area contributed by atoms with Gasteiger partial charge in [0.15, 0.2) is 0 Å². The van der Waals surface area contributed by atoms with E-state index < -0.39 is 10.0 Å². The molecular weight excluding hydrogens is 440 g/mol. The van der Waals surface area contributed by atoms with E-state index in [1.165, 1.54) is 31.6 Å². The van der Waals surface area contributed by atoms with Crippen LogP contribution in [-0.4, -0.2) is 30.1 Å². The fourth-order valence-electron chi connectivity index (χ4n) is 2.75. The lowest BCUT2D eigenvalue weighted by Crippen LogP contribution is -2.12. The molecule has 158 valence electrons. The Morgan fingerprint density at radius 3 is 2.42 bits per heavy atom. The van der Waals surface area contributed by atoms with Crippen LogP contribution in [0.15, 0.2) is 84.3 Å². The molecular formula is C21H17ClN4O4S. The summed E-state index contributed by atoms with van der Waals surface area (Å²) in [5.41, 5.74) is 0.370. The number of hydrogen-bond acceptors (Lipinski definition) is 6. The van der Waals surface area contributed by atoms with E-state index in [0.717, 1.165) is 0 Å². The van der Waals surface area contributed by atoms with Crippen LogP contribution >= 0.6 is 11.6 Å². The van der Waals surface area contributed by atoms with E-state index in [4.69, 9.17) is 21.1 Å². The van der Waals surface area contributed by atoms with Gasteiger partial charge in [-0.25, -0.2) is 18.4 Å². The standard InChI is InChI=1S/C21H17ClN4O4S/c1-29-19-9-8-17(12-18(19)22)31(27,28)25-15-4-6-16(7-5-15)30-21-13-20(23-14-24-21)26-10-2-3-11-26/h2-14,25H,1H3. The second-order valence-electron chi connectivity index (χ2n) is 6.33. The topological polar surface area (TPSA) is 95.3 Å². The molecule has 31 heavy (non-hydrogen) atoms. The minimum atomic E-state index is -3.82. The van der Waals surface area contributed by atoms with Gasteiger partial charge < -0.3 is 14.0 Å². The summed E-state index contributed by atoms with van der Waals surface area (Å²) in [4.78, 5) is 8.33. The normalized spacial score (nSPS) is 11.2. The highest BCUT2D eigenvalue weighted by molar-refractivity contribution is 7.92. The number of rotatable bonds is 7. The van der Waals surface area contributed by atoms with Crippen molar-refractivity contribution in [2.24, 2.45) is 0 Å². The predicted molar refractivity (Wildman–Crippen MR) is 117 cm³/mol. The van der Waals surface area contributed by atoms with Crippen LogP contribution in [0.25, 0.3) is 5.82 Å². The summed E-state index contributed by atoms with van der Waals surface area (Å²) in [6.07, 6.45) is 5.14. The number of halogens is 1. The lowest BCUT2D eigenvalue weighted by molar-refractivity contribution is 0.414. The molecule has 0 aliphatic rings. The van der Waals surface area contributed by atoms with Gasteiger partial charge in [0.25, 0.3) is 10.0 Å². The average Bonchev–Trinajstić information content (AvgIpc) is 3.30. The molecule has 10 heteroatoms. The summed E-state index contributed by atoms with van der Waals surface area (Å²) in [6.45, 7) is 0. The van der Waals surface area contributed by atoms with E-state index in [2.05, 4.69) is 14.7 Å². The Morgan fingerprint density at radius 2 is 1.74 bits per heavy atom. The van der Waals surface area contributed by atoms with Gasteiger partial charge in [0, 0.05) is 24.1 Å². The van der Waals surface area contributed by atoms with Gasteiger partial charge in [0.1, 0.15) is 23.6 Å². The van der Waals surface area contributed by atoms with Gasteiger partial charge in [0.2, 0.25) is 5.88 Å². The van der Waals surface area contributed by atoms with Crippen molar-refractivity contribution in [1.29, 1.82) is 0 Å². The monoisotopic (exact) mass is 456 g/mol. The van der Waals surface area contributed by atoms with Crippen LogP contribution in [0.5, 0.6) is 17.4 Å². The maximum absolute atomic E-state index is 12.6. The summed E-state index contributed by atoms with van der Waals surface area (Å²) in [5.74, 6) is 1.91. The summed E-state index contributed by atoms with van der Waals surface area (Å²) >= 11 is 6.03. The molecule has 4 rings (SSSR count). The van der Waals surface area contributed by atoms with Crippen molar-refractivity contribution in [1.82, 2.24) is 14.5 Å². The zero-order valence-corrected chi connectivity index (χ0v) is 17.8. The van der Waals surface area contributed by atoms with E-state index in [0.29, 0.717) is 28.9 Å². The highest BCUT2D eigenvalue weighted by atomic mass is 35.5. The van der Waals surface area contributed by atoms with Crippen LogP contribution in [0.2, 0.25) is 5.02 Å². The maximum Gasteiger partial charge on any atom is 0.261 e. The molecule has 0 bridgehead atoms. The van der Waals surface area contributed by atoms with Crippen molar-refractivity contribution in [2.75, 3.05) is 11.8 Å². The van der Waals surface area contributed by atoms with Gasteiger partial charge in [-0.1, -0.05) is 11.6 Å². The lowest BCUT2D eigenvalue weighted by Gasteiger charge is -2.11. The number of benzene rings is 2. The smallest absolute Gasteiger partial charge is 0.261 e. The number of ether oxygens (including phenoxy) is 2. The van der Waals surface area contributed by atoms with Gasteiger partial charge >= 0.3 is 0 Å². The molecule has 2 heterocycles. The molecule has 8 nitrogen and oxygen atoms in total. The van der Waals surface area contributed by atoms with Crippen LogP contribution in [0.3, 0.4) is 0 Å². The molecule has 0 fully saturated rings. The number of anilines is 1. The van der Waals surface area contributed by atoms with Crippen molar-refractivity contribution < 1.29 is 17.9 Å². The average molecular weight is 457 g/mol. The minimum absolute atomic E-state index is 0.0251. The fraction of sp³-hybridized carbons (Fsp3) is 0.0476. The number of aromatic nitrogens is 3. The third kappa shape index (κ3) is 4.79. The second kappa shape index (κ2) is 8.66. The molecule has 0 aliphatic carbocycles. The van der Waals surface area contributed by atoms with Crippen LogP contribution in [0.1, 0.15) is 0 Å². The Bertz CT molecular complexity index is 1290.